The molecule has 0 N–H and O–H groups in total. The van der Waals surface area contributed by atoms with Gasteiger partial charge in [-0.15, -0.1) is 0 Å². The van der Waals surface area contributed by atoms with Crippen molar-refractivity contribution in [1.29, 1.82) is 0 Å². The van der Waals surface area contributed by atoms with E-state index >= 15 is 0 Å². The molecule has 0 fully saturated rings. The Hall–Kier alpha value is -6.18. The second-order valence-electron chi connectivity index (χ2n) is 13.0. The molecule has 0 unspecified atom stereocenters. The maximum Gasteiger partial charge on any atom is 0.520 e. The third-order valence-corrected chi connectivity index (χ3v) is 15.4. The van der Waals surface area contributed by atoms with Gasteiger partial charge in [0, 0.05) is 33.5 Å². The van der Waals surface area contributed by atoms with Crippen LogP contribution in [0.15, 0.2) is 170 Å². The molecule has 11 rings (SSSR count). The number of anilines is 6. The van der Waals surface area contributed by atoms with Crippen LogP contribution in [0, 0.1) is 0 Å². The Morgan fingerprint density at radius 1 is 0.408 bits per heavy atom. The van der Waals surface area contributed by atoms with Crippen LogP contribution in [-0.2, 0) is 0 Å². The van der Waals surface area contributed by atoms with Crippen LogP contribution in [0.3, 0.4) is 0 Å². The molecular weight excluding hydrogens is 613 g/mol. The summed E-state index contributed by atoms with van der Waals surface area (Å²) in [5, 5.41) is 9.87. The fraction of sp³-hybridized carbons (Fsp3) is 0. The number of rotatable bonds is 4. The summed E-state index contributed by atoms with van der Waals surface area (Å²) < 4.78 is 0. The van der Waals surface area contributed by atoms with E-state index in [0.717, 1.165) is 16.8 Å². The zero-order valence-electron chi connectivity index (χ0n) is 26.5. The summed E-state index contributed by atoms with van der Waals surface area (Å²) in [5.74, 6) is 0.937. The third-order valence-electron chi connectivity index (χ3n) is 10.7. The average Bonchev–Trinajstić information content (AvgIpc) is 3.53. The van der Waals surface area contributed by atoms with Crippen LogP contribution >= 0.6 is 0 Å². The first-order valence-corrected chi connectivity index (χ1v) is 18.8. The van der Waals surface area contributed by atoms with Crippen molar-refractivity contribution in [1.82, 2.24) is 9.97 Å². The molecule has 49 heavy (non-hydrogen) atoms. The quantitative estimate of drug-likeness (QED) is 0.154. The van der Waals surface area contributed by atoms with Crippen LogP contribution in [0.4, 0.5) is 34.3 Å². The predicted molar refractivity (Wildman–Crippen MR) is 206 cm³/mol. The van der Waals surface area contributed by atoms with E-state index in [1.165, 1.54) is 59.9 Å². The van der Waals surface area contributed by atoms with Crippen molar-refractivity contribution < 1.29 is 0 Å². The number of hydrogen-bond acceptors (Lipinski definition) is 5. The number of fused-ring (bicyclic) bond motifs is 7. The van der Waals surface area contributed by atoms with E-state index in [9.17, 15) is 0 Å². The van der Waals surface area contributed by atoms with Crippen LogP contribution in [0.25, 0.3) is 21.5 Å². The Labute approximate surface area is 285 Å². The molecule has 1 aromatic heterocycles. The summed E-state index contributed by atoms with van der Waals surface area (Å²) in [5.41, 5.74) is 5.84. The van der Waals surface area contributed by atoms with Gasteiger partial charge in [0.05, 0.1) is 11.0 Å². The Balaban J connectivity index is 1.33. The van der Waals surface area contributed by atoms with Crippen LogP contribution in [0.1, 0.15) is 0 Å². The lowest BCUT2D eigenvalue weighted by atomic mass is 9.75. The van der Waals surface area contributed by atoms with E-state index in [1.54, 1.807) is 0 Å². The lowest BCUT2D eigenvalue weighted by Gasteiger charge is -2.46. The van der Waals surface area contributed by atoms with E-state index in [1.807, 2.05) is 6.33 Å². The van der Waals surface area contributed by atoms with Gasteiger partial charge in [-0.25, -0.2) is 9.97 Å². The van der Waals surface area contributed by atoms with Gasteiger partial charge in [-0.05, 0) is 50.6 Å². The molecule has 0 amide bonds. The van der Waals surface area contributed by atoms with E-state index < -0.39 is 8.07 Å². The Kier molecular flexibility index (Phi) is 5.43. The van der Waals surface area contributed by atoms with Crippen LogP contribution in [-0.4, -0.2) is 25.2 Å². The topological polar surface area (TPSA) is 35.5 Å². The van der Waals surface area contributed by atoms with Crippen molar-refractivity contribution in [3.8, 4) is 0 Å². The first kappa shape index (κ1) is 26.8. The molecule has 0 spiro atoms. The highest BCUT2D eigenvalue weighted by molar-refractivity contribution is 7.20. The largest absolute Gasteiger partial charge is 0.520 e. The summed E-state index contributed by atoms with van der Waals surface area (Å²) in [4.78, 5) is 18.2. The minimum atomic E-state index is -3.03. The zero-order chi connectivity index (χ0) is 32.1. The molecule has 0 atom stereocenters. The molecule has 7 aromatic carbocycles. The molecule has 3 aliphatic heterocycles. The number of nitrogens with zero attached hydrogens (tertiary/aromatic N) is 5. The maximum atomic E-state index is 5.44. The Bertz CT molecular complexity index is 2490. The number of benzene rings is 7. The van der Waals surface area contributed by atoms with E-state index in [-0.39, 0.29) is 7.12 Å². The first-order valence-electron chi connectivity index (χ1n) is 16.8. The second-order valence-corrected chi connectivity index (χ2v) is 16.7. The van der Waals surface area contributed by atoms with E-state index in [2.05, 4.69) is 178 Å². The highest BCUT2D eigenvalue weighted by atomic mass is 28.3. The molecule has 8 aromatic rings. The fourth-order valence-electron chi connectivity index (χ4n) is 8.86. The Morgan fingerprint density at radius 2 is 0.837 bits per heavy atom. The molecule has 4 heterocycles. The molecule has 228 valence electrons. The van der Waals surface area contributed by atoms with Crippen LogP contribution < -0.4 is 35.3 Å². The van der Waals surface area contributed by atoms with Gasteiger partial charge in [0.15, 0.2) is 0 Å². The summed E-state index contributed by atoms with van der Waals surface area (Å²) in [6.45, 7) is 0. The first-order chi connectivity index (χ1) is 24.4. The van der Waals surface area contributed by atoms with Crippen molar-refractivity contribution in [3.63, 3.8) is 0 Å². The molecule has 7 heteroatoms. The summed E-state index contributed by atoms with van der Waals surface area (Å²) >= 11 is 0. The molecule has 5 nitrogen and oxygen atoms in total. The normalized spacial score (nSPS) is 14.0. The van der Waals surface area contributed by atoms with Gasteiger partial charge in [0.25, 0.3) is 0 Å². The van der Waals surface area contributed by atoms with Gasteiger partial charge in [-0.3, -0.25) is 0 Å². The van der Waals surface area contributed by atoms with Crippen LogP contribution in [0.5, 0.6) is 0 Å². The number of hydrogen-bond donors (Lipinski definition) is 0. The summed E-state index contributed by atoms with van der Waals surface area (Å²) in [6, 6.07) is 59.9. The highest BCUT2D eigenvalue weighted by Gasteiger charge is 2.58. The summed E-state index contributed by atoms with van der Waals surface area (Å²) in [6.07, 6.45) is 1.81. The molecule has 0 radical (unpaired) electrons. The molecule has 0 aliphatic carbocycles. The monoisotopic (exact) mass is 641 g/mol. The predicted octanol–water partition coefficient (Wildman–Crippen LogP) is 6.90. The van der Waals surface area contributed by atoms with Gasteiger partial charge in [-0.1, -0.05) is 140 Å². The van der Waals surface area contributed by atoms with Gasteiger partial charge < -0.3 is 14.4 Å². The average molecular weight is 642 g/mol. The zero-order valence-corrected chi connectivity index (χ0v) is 27.5. The van der Waals surface area contributed by atoms with Gasteiger partial charge in [0.1, 0.15) is 12.1 Å². The van der Waals surface area contributed by atoms with Gasteiger partial charge >= 0.3 is 7.12 Å². The SMILES string of the molecule is c1ccc([Si](c2ccccc2)(c2ccccc2)c2ncnc3c2N2B4N3c3cccc5cccc(c35)N4c3cccc4cccc2c34)cc1. The molecular formula is C42H28BN5Si. The number of aromatic nitrogens is 2. The standard InChI is InChI=1S/C42H28BN5Si/c1-4-18-31(19-5-1)49(32-20-6-2-7-21-32,33-22-8-3-9-23-33)42-40-41(44-28-45-42)48-37-27-13-17-30-15-11-25-35(39(30)37)46-34-24-10-14-29-16-12-26-36(38(29)34)47(40)43(46)48/h1-28H. The van der Waals surface area contributed by atoms with E-state index in [4.69, 9.17) is 9.97 Å². The highest BCUT2D eigenvalue weighted by Crippen LogP contribution is 2.58. The lowest BCUT2D eigenvalue weighted by molar-refractivity contribution is 1.17. The van der Waals surface area contributed by atoms with Crippen molar-refractivity contribution in [2.45, 2.75) is 0 Å². The van der Waals surface area contributed by atoms with Crippen LogP contribution in [0.2, 0.25) is 0 Å². The van der Waals surface area contributed by atoms with Gasteiger partial charge in [0.2, 0.25) is 8.07 Å². The van der Waals surface area contributed by atoms with Crippen molar-refractivity contribution in [3.05, 3.63) is 170 Å². The van der Waals surface area contributed by atoms with Crippen molar-refractivity contribution >= 4 is 91.9 Å². The van der Waals surface area contributed by atoms with E-state index in [0.29, 0.717) is 0 Å². The lowest BCUT2D eigenvalue weighted by Crippen LogP contribution is -2.76. The molecule has 3 aliphatic rings. The Morgan fingerprint density at radius 3 is 1.31 bits per heavy atom. The molecule has 0 saturated carbocycles. The van der Waals surface area contributed by atoms with Crippen molar-refractivity contribution in [2.75, 3.05) is 14.4 Å². The molecule has 0 saturated heterocycles. The van der Waals surface area contributed by atoms with Gasteiger partial charge in [-0.2, -0.15) is 0 Å². The fourth-order valence-corrected chi connectivity index (χ4v) is 13.6. The second kappa shape index (κ2) is 9.92. The maximum absolute atomic E-state index is 5.44. The summed E-state index contributed by atoms with van der Waals surface area (Å²) in [7, 11) is -3.23. The minimum absolute atomic E-state index is 0.194. The third kappa shape index (κ3) is 3.39. The minimum Gasteiger partial charge on any atom is -0.344 e. The molecule has 0 bridgehead atoms. The smallest absolute Gasteiger partial charge is 0.344 e. The van der Waals surface area contributed by atoms with Crippen molar-refractivity contribution in [2.24, 2.45) is 0 Å².